The van der Waals surface area contributed by atoms with Crippen molar-refractivity contribution < 1.29 is 0 Å². The third kappa shape index (κ3) is 4.06. The fraction of sp³-hybridized carbons (Fsp3) is 0.667. The van der Waals surface area contributed by atoms with Gasteiger partial charge in [0.25, 0.3) is 0 Å². The van der Waals surface area contributed by atoms with Crippen LogP contribution in [0.25, 0.3) is 0 Å². The number of piperazine rings is 1. The van der Waals surface area contributed by atoms with Crippen LogP contribution < -0.4 is 5.73 Å². The molecule has 4 nitrogen and oxygen atoms in total. The Morgan fingerprint density at radius 2 is 1.87 bits per heavy atom. The van der Waals surface area contributed by atoms with Crippen molar-refractivity contribution in [3.05, 3.63) is 34.3 Å². The van der Waals surface area contributed by atoms with Crippen LogP contribution in [0, 0.1) is 0 Å². The number of benzene rings is 1. The molecule has 2 N–H and O–H groups in total. The number of likely N-dealkylation sites (N-methyl/N-ethyl adjacent to an activating group) is 1. The first kappa shape index (κ1) is 17.2. The van der Waals surface area contributed by atoms with E-state index >= 15 is 0 Å². The summed E-state index contributed by atoms with van der Waals surface area (Å²) in [6.45, 7) is 8.80. The monoisotopic (exact) mass is 336 g/mol. The van der Waals surface area contributed by atoms with Crippen LogP contribution in [0.15, 0.2) is 18.2 Å². The van der Waals surface area contributed by atoms with Gasteiger partial charge in [0.05, 0.1) is 0 Å². The highest BCUT2D eigenvalue weighted by molar-refractivity contribution is 6.31. The van der Waals surface area contributed by atoms with Crippen LogP contribution in [-0.2, 0) is 6.54 Å². The zero-order valence-corrected chi connectivity index (χ0v) is 14.9. The number of fused-ring (bicyclic) bond motifs is 1. The number of nitrogens with two attached hydrogens (primary N) is 1. The molecule has 0 spiro atoms. The van der Waals surface area contributed by atoms with E-state index in [0.29, 0.717) is 12.6 Å². The second-order valence-corrected chi connectivity index (χ2v) is 7.29. The fourth-order valence-corrected chi connectivity index (χ4v) is 4.04. The fourth-order valence-electron chi connectivity index (χ4n) is 3.80. The van der Waals surface area contributed by atoms with Crippen LogP contribution in [-0.4, -0.2) is 67.6 Å². The number of rotatable bonds is 6. The number of halogens is 1. The van der Waals surface area contributed by atoms with Crippen molar-refractivity contribution in [3.8, 4) is 0 Å². The zero-order valence-electron chi connectivity index (χ0n) is 14.2. The first-order valence-electron chi connectivity index (χ1n) is 8.81. The average molecular weight is 337 g/mol. The van der Waals surface area contributed by atoms with E-state index in [4.69, 9.17) is 17.3 Å². The summed E-state index contributed by atoms with van der Waals surface area (Å²) in [5.74, 6) is 0. The van der Waals surface area contributed by atoms with Crippen LogP contribution in [0.4, 0.5) is 0 Å². The summed E-state index contributed by atoms with van der Waals surface area (Å²) in [6, 6.07) is 6.56. The summed E-state index contributed by atoms with van der Waals surface area (Å²) >= 11 is 6.35. The molecule has 0 radical (unpaired) electrons. The highest BCUT2D eigenvalue weighted by Crippen LogP contribution is 2.36. The van der Waals surface area contributed by atoms with Gasteiger partial charge in [-0.05, 0) is 50.2 Å². The third-order valence-corrected chi connectivity index (χ3v) is 5.66. The van der Waals surface area contributed by atoms with Gasteiger partial charge in [-0.1, -0.05) is 23.7 Å². The Kier molecular flexibility index (Phi) is 5.94. The molecule has 1 aromatic rings. The predicted molar refractivity (Wildman–Crippen MR) is 96.8 cm³/mol. The van der Waals surface area contributed by atoms with Crippen molar-refractivity contribution in [2.24, 2.45) is 5.73 Å². The molecule has 128 valence electrons. The third-order valence-electron chi connectivity index (χ3n) is 5.30. The number of hydrogen-bond donors (Lipinski definition) is 1. The summed E-state index contributed by atoms with van der Waals surface area (Å²) in [7, 11) is 2.21. The number of nitrogens with zero attached hydrogens (tertiary/aromatic N) is 3. The Balaban J connectivity index is 1.45. The summed E-state index contributed by atoms with van der Waals surface area (Å²) in [4.78, 5) is 7.50. The molecule has 1 unspecified atom stereocenters. The molecule has 23 heavy (non-hydrogen) atoms. The summed E-state index contributed by atoms with van der Waals surface area (Å²) in [5, 5.41) is 0.890. The highest BCUT2D eigenvalue weighted by atomic mass is 35.5. The van der Waals surface area contributed by atoms with E-state index in [1.807, 2.05) is 12.1 Å². The largest absolute Gasteiger partial charge is 0.329 e. The molecule has 3 rings (SSSR count). The van der Waals surface area contributed by atoms with E-state index in [1.165, 1.54) is 56.7 Å². The minimum absolute atomic E-state index is 0.340. The van der Waals surface area contributed by atoms with Crippen molar-refractivity contribution in [1.82, 2.24) is 14.7 Å². The van der Waals surface area contributed by atoms with Gasteiger partial charge in [0, 0.05) is 50.3 Å². The molecule has 2 aliphatic rings. The minimum atomic E-state index is 0.340. The Morgan fingerprint density at radius 1 is 1.13 bits per heavy atom. The van der Waals surface area contributed by atoms with Gasteiger partial charge in [-0.3, -0.25) is 4.90 Å². The van der Waals surface area contributed by atoms with Crippen LogP contribution >= 0.6 is 11.6 Å². The van der Waals surface area contributed by atoms with Gasteiger partial charge in [0.2, 0.25) is 0 Å². The maximum absolute atomic E-state index is 6.35. The normalized spacial score (nSPS) is 23.3. The molecule has 0 saturated carbocycles. The molecule has 1 aromatic carbocycles. The van der Waals surface area contributed by atoms with E-state index in [1.54, 1.807) is 0 Å². The van der Waals surface area contributed by atoms with Crippen molar-refractivity contribution in [1.29, 1.82) is 0 Å². The van der Waals surface area contributed by atoms with Crippen LogP contribution in [0.2, 0.25) is 5.02 Å². The lowest BCUT2D eigenvalue weighted by atomic mass is 10.1. The Morgan fingerprint density at radius 3 is 2.61 bits per heavy atom. The van der Waals surface area contributed by atoms with Gasteiger partial charge < -0.3 is 15.5 Å². The maximum atomic E-state index is 6.35. The number of hydrogen-bond acceptors (Lipinski definition) is 4. The topological polar surface area (TPSA) is 35.7 Å². The lowest BCUT2D eigenvalue weighted by Crippen LogP contribution is -2.44. The van der Waals surface area contributed by atoms with E-state index in [0.717, 1.165) is 18.1 Å². The van der Waals surface area contributed by atoms with Gasteiger partial charge in [0.15, 0.2) is 0 Å². The first-order valence-corrected chi connectivity index (χ1v) is 9.19. The SMILES string of the molecule is CN1CCN(CCCCN2Cc3c(Cl)cccc3C2CN)CC1. The molecular formula is C18H29ClN4. The molecule has 0 aromatic heterocycles. The van der Waals surface area contributed by atoms with Gasteiger partial charge in [0.1, 0.15) is 0 Å². The van der Waals surface area contributed by atoms with Gasteiger partial charge in [-0.25, -0.2) is 0 Å². The van der Waals surface area contributed by atoms with Crippen LogP contribution in [0.3, 0.4) is 0 Å². The lowest BCUT2D eigenvalue weighted by Gasteiger charge is -2.32. The van der Waals surface area contributed by atoms with Crippen molar-refractivity contribution >= 4 is 11.6 Å². The summed E-state index contributed by atoms with van der Waals surface area (Å²) < 4.78 is 0. The Hall–Kier alpha value is -0.650. The zero-order chi connectivity index (χ0) is 16.2. The molecule has 1 fully saturated rings. The van der Waals surface area contributed by atoms with E-state index < -0.39 is 0 Å². The maximum Gasteiger partial charge on any atom is 0.0477 e. The molecule has 0 bridgehead atoms. The Bertz CT molecular complexity index is 514. The molecular weight excluding hydrogens is 308 g/mol. The smallest absolute Gasteiger partial charge is 0.0477 e. The van der Waals surface area contributed by atoms with E-state index in [2.05, 4.69) is 27.8 Å². The second-order valence-electron chi connectivity index (χ2n) is 6.88. The summed E-state index contributed by atoms with van der Waals surface area (Å²) in [6.07, 6.45) is 2.50. The van der Waals surface area contributed by atoms with Crippen LogP contribution in [0.1, 0.15) is 30.0 Å². The lowest BCUT2D eigenvalue weighted by molar-refractivity contribution is 0.148. The van der Waals surface area contributed by atoms with E-state index in [-0.39, 0.29) is 0 Å². The first-order chi connectivity index (χ1) is 11.2. The molecule has 2 aliphatic heterocycles. The molecule has 0 aliphatic carbocycles. The van der Waals surface area contributed by atoms with Gasteiger partial charge >= 0.3 is 0 Å². The summed E-state index contributed by atoms with van der Waals surface area (Å²) in [5.41, 5.74) is 8.64. The van der Waals surface area contributed by atoms with Crippen molar-refractivity contribution in [3.63, 3.8) is 0 Å². The Labute approximate surface area is 145 Å². The molecule has 2 heterocycles. The van der Waals surface area contributed by atoms with Crippen molar-refractivity contribution in [2.45, 2.75) is 25.4 Å². The quantitative estimate of drug-likeness (QED) is 0.808. The minimum Gasteiger partial charge on any atom is -0.329 e. The highest BCUT2D eigenvalue weighted by Gasteiger charge is 2.29. The van der Waals surface area contributed by atoms with Crippen LogP contribution in [0.5, 0.6) is 0 Å². The molecule has 1 saturated heterocycles. The predicted octanol–water partition coefficient (Wildman–Crippen LogP) is 2.18. The van der Waals surface area contributed by atoms with E-state index in [9.17, 15) is 0 Å². The molecule has 5 heteroatoms. The molecule has 1 atom stereocenters. The average Bonchev–Trinajstić information content (AvgIpc) is 2.92. The second kappa shape index (κ2) is 7.95. The molecule has 0 amide bonds. The van der Waals surface area contributed by atoms with Gasteiger partial charge in [-0.15, -0.1) is 0 Å². The number of unbranched alkanes of at least 4 members (excludes halogenated alkanes) is 1. The standard InChI is InChI=1S/C18H29ClN4/c1-21-9-11-22(12-10-21)7-2-3-8-23-14-16-15(18(23)13-20)5-4-6-17(16)19/h4-6,18H,2-3,7-14,20H2,1H3. The van der Waals surface area contributed by atoms with Gasteiger partial charge in [-0.2, -0.15) is 0 Å². The van der Waals surface area contributed by atoms with Crippen molar-refractivity contribution in [2.75, 3.05) is 52.9 Å².